The molecule has 2 atom stereocenters. The van der Waals surface area contributed by atoms with Crippen LogP contribution < -0.4 is 5.32 Å². The number of hydrogen-bond donors (Lipinski definition) is 1. The Labute approximate surface area is 95.3 Å². The first-order chi connectivity index (χ1) is 6.97. The van der Waals surface area contributed by atoms with E-state index in [1.54, 1.807) is 5.57 Å². The predicted octanol–water partition coefficient (Wildman–Crippen LogP) is 3.61. The molecule has 0 aromatic heterocycles. The Bertz CT molecular complexity index is 227. The number of rotatable bonds is 3. The van der Waals surface area contributed by atoms with Crippen molar-refractivity contribution in [1.82, 2.24) is 5.32 Å². The molecule has 0 saturated heterocycles. The zero-order chi connectivity index (χ0) is 11.5. The minimum atomic E-state index is 0.469. The van der Waals surface area contributed by atoms with Crippen LogP contribution in [0.3, 0.4) is 0 Å². The van der Waals surface area contributed by atoms with Crippen molar-refractivity contribution in [2.24, 2.45) is 17.3 Å². The Morgan fingerprint density at radius 3 is 2.80 bits per heavy atom. The number of hydrogen-bond acceptors (Lipinski definition) is 1. The quantitative estimate of drug-likeness (QED) is 0.700. The molecule has 15 heavy (non-hydrogen) atoms. The molecule has 0 fully saturated rings. The minimum Gasteiger partial charge on any atom is -0.313 e. The van der Waals surface area contributed by atoms with Gasteiger partial charge in [0.05, 0.1) is 0 Å². The molecule has 0 radical (unpaired) electrons. The van der Waals surface area contributed by atoms with E-state index in [0.717, 1.165) is 18.4 Å². The molecule has 1 heteroatoms. The van der Waals surface area contributed by atoms with Crippen molar-refractivity contribution in [3.63, 3.8) is 0 Å². The highest BCUT2D eigenvalue weighted by molar-refractivity contribution is 5.04. The summed E-state index contributed by atoms with van der Waals surface area (Å²) in [5, 5.41) is 3.53. The smallest absolute Gasteiger partial charge is 0.0137 e. The zero-order valence-electron chi connectivity index (χ0n) is 11.1. The Kier molecular flexibility index (Phi) is 4.39. The van der Waals surface area contributed by atoms with Crippen LogP contribution in [0.4, 0.5) is 0 Å². The van der Waals surface area contributed by atoms with Crippen molar-refractivity contribution < 1.29 is 0 Å². The van der Waals surface area contributed by atoms with E-state index < -0.39 is 0 Å². The molecule has 88 valence electrons. The van der Waals surface area contributed by atoms with Gasteiger partial charge in [-0.25, -0.2) is 0 Å². The first-order valence-electron chi connectivity index (χ1n) is 6.33. The van der Waals surface area contributed by atoms with Gasteiger partial charge in [-0.3, -0.25) is 0 Å². The molecule has 1 aliphatic rings. The summed E-state index contributed by atoms with van der Waals surface area (Å²) >= 11 is 0. The van der Waals surface area contributed by atoms with Gasteiger partial charge in [-0.05, 0) is 37.1 Å². The largest absolute Gasteiger partial charge is 0.313 e. The number of allylic oxidation sites excluding steroid dienone is 1. The fraction of sp³-hybridized carbons (Fsp3) is 0.857. The van der Waals surface area contributed by atoms with Gasteiger partial charge < -0.3 is 5.32 Å². The monoisotopic (exact) mass is 209 g/mol. The van der Waals surface area contributed by atoms with Crippen LogP contribution in [0.5, 0.6) is 0 Å². The first kappa shape index (κ1) is 12.8. The van der Waals surface area contributed by atoms with Gasteiger partial charge >= 0.3 is 0 Å². The SMILES string of the molecule is CCC(C)(C)C(C)C1CNCC=C(C)C1. The summed E-state index contributed by atoms with van der Waals surface area (Å²) in [6.45, 7) is 14.0. The summed E-state index contributed by atoms with van der Waals surface area (Å²) in [6, 6.07) is 0. The molecule has 1 aliphatic heterocycles. The second-order valence-corrected chi connectivity index (χ2v) is 5.80. The molecule has 1 rings (SSSR count). The highest BCUT2D eigenvalue weighted by Gasteiger charge is 2.30. The standard InChI is InChI=1S/C14H27N/c1-6-14(4,5)12(3)13-9-11(2)7-8-15-10-13/h7,12-13,15H,6,8-10H2,1-5H3. The zero-order valence-corrected chi connectivity index (χ0v) is 11.1. The van der Waals surface area contributed by atoms with E-state index in [2.05, 4.69) is 46.0 Å². The van der Waals surface area contributed by atoms with E-state index in [-0.39, 0.29) is 0 Å². The van der Waals surface area contributed by atoms with Crippen molar-refractivity contribution in [1.29, 1.82) is 0 Å². The Balaban J connectivity index is 2.66. The van der Waals surface area contributed by atoms with Crippen LogP contribution in [0, 0.1) is 17.3 Å². The highest BCUT2D eigenvalue weighted by Crippen LogP contribution is 2.37. The van der Waals surface area contributed by atoms with E-state index in [9.17, 15) is 0 Å². The van der Waals surface area contributed by atoms with Crippen molar-refractivity contribution in [2.45, 2.75) is 47.5 Å². The van der Waals surface area contributed by atoms with Crippen molar-refractivity contribution in [2.75, 3.05) is 13.1 Å². The average Bonchev–Trinajstić information content (AvgIpc) is 2.41. The lowest BCUT2D eigenvalue weighted by Gasteiger charge is -2.36. The third-order valence-electron chi connectivity index (χ3n) is 4.44. The van der Waals surface area contributed by atoms with Gasteiger partial charge in [-0.15, -0.1) is 0 Å². The molecular weight excluding hydrogens is 182 g/mol. The normalized spacial score (nSPS) is 25.7. The van der Waals surface area contributed by atoms with Crippen LogP contribution in [-0.2, 0) is 0 Å². The molecule has 0 aromatic carbocycles. The summed E-state index contributed by atoms with van der Waals surface area (Å²) in [6.07, 6.45) is 4.89. The molecule has 0 spiro atoms. The van der Waals surface area contributed by atoms with E-state index in [4.69, 9.17) is 0 Å². The predicted molar refractivity (Wildman–Crippen MR) is 68.0 cm³/mol. The molecule has 2 unspecified atom stereocenters. The molecule has 0 aromatic rings. The van der Waals surface area contributed by atoms with Crippen LogP contribution in [0.15, 0.2) is 11.6 Å². The van der Waals surface area contributed by atoms with Gasteiger partial charge in [0.15, 0.2) is 0 Å². The lowest BCUT2D eigenvalue weighted by atomic mass is 9.70. The van der Waals surface area contributed by atoms with Crippen LogP contribution in [0.1, 0.15) is 47.5 Å². The third kappa shape index (κ3) is 3.34. The maximum absolute atomic E-state index is 3.53. The molecule has 0 aliphatic carbocycles. The van der Waals surface area contributed by atoms with E-state index in [1.807, 2.05) is 0 Å². The summed E-state index contributed by atoms with van der Waals surface area (Å²) in [5.74, 6) is 1.59. The maximum atomic E-state index is 3.53. The van der Waals surface area contributed by atoms with E-state index >= 15 is 0 Å². The van der Waals surface area contributed by atoms with Crippen LogP contribution >= 0.6 is 0 Å². The molecular formula is C14H27N. The number of nitrogens with one attached hydrogen (secondary N) is 1. The van der Waals surface area contributed by atoms with Crippen molar-refractivity contribution >= 4 is 0 Å². The second kappa shape index (κ2) is 5.16. The molecule has 1 heterocycles. The lowest BCUT2D eigenvalue weighted by molar-refractivity contribution is 0.148. The van der Waals surface area contributed by atoms with Gasteiger partial charge in [-0.1, -0.05) is 45.8 Å². The average molecular weight is 209 g/mol. The topological polar surface area (TPSA) is 12.0 Å². The van der Waals surface area contributed by atoms with Gasteiger partial charge in [0.25, 0.3) is 0 Å². The third-order valence-corrected chi connectivity index (χ3v) is 4.44. The van der Waals surface area contributed by atoms with Crippen molar-refractivity contribution in [3.05, 3.63) is 11.6 Å². The molecule has 0 amide bonds. The minimum absolute atomic E-state index is 0.469. The Morgan fingerprint density at radius 2 is 2.20 bits per heavy atom. The van der Waals surface area contributed by atoms with Crippen LogP contribution in [0.2, 0.25) is 0 Å². The first-order valence-corrected chi connectivity index (χ1v) is 6.33. The van der Waals surface area contributed by atoms with E-state index in [1.165, 1.54) is 19.4 Å². The molecule has 0 saturated carbocycles. The molecule has 1 N–H and O–H groups in total. The van der Waals surface area contributed by atoms with Gasteiger partial charge in [0.1, 0.15) is 0 Å². The van der Waals surface area contributed by atoms with Crippen molar-refractivity contribution in [3.8, 4) is 0 Å². The fourth-order valence-electron chi connectivity index (χ4n) is 2.40. The Hall–Kier alpha value is -0.300. The fourth-order valence-corrected chi connectivity index (χ4v) is 2.40. The van der Waals surface area contributed by atoms with Gasteiger partial charge in [-0.2, -0.15) is 0 Å². The second-order valence-electron chi connectivity index (χ2n) is 5.80. The summed E-state index contributed by atoms with van der Waals surface area (Å²) < 4.78 is 0. The molecule has 1 nitrogen and oxygen atoms in total. The Morgan fingerprint density at radius 1 is 1.53 bits per heavy atom. The van der Waals surface area contributed by atoms with Crippen LogP contribution in [0.25, 0.3) is 0 Å². The van der Waals surface area contributed by atoms with Gasteiger partial charge in [0, 0.05) is 6.54 Å². The summed E-state index contributed by atoms with van der Waals surface area (Å²) in [5.41, 5.74) is 2.03. The molecule has 0 bridgehead atoms. The van der Waals surface area contributed by atoms with Crippen LogP contribution in [-0.4, -0.2) is 13.1 Å². The summed E-state index contributed by atoms with van der Waals surface area (Å²) in [7, 11) is 0. The van der Waals surface area contributed by atoms with E-state index in [0.29, 0.717) is 5.41 Å². The maximum Gasteiger partial charge on any atom is 0.0137 e. The lowest BCUT2D eigenvalue weighted by Crippen LogP contribution is -2.33. The highest BCUT2D eigenvalue weighted by atomic mass is 14.9. The van der Waals surface area contributed by atoms with Gasteiger partial charge in [0.2, 0.25) is 0 Å². The summed E-state index contributed by atoms with van der Waals surface area (Å²) in [4.78, 5) is 0.